The Balaban J connectivity index is 1.52. The number of aromatic nitrogens is 2. The van der Waals surface area contributed by atoms with E-state index in [1.165, 1.54) is 18.7 Å². The summed E-state index contributed by atoms with van der Waals surface area (Å²) < 4.78 is 24.4. The number of carbonyl (C=O) groups is 1. The summed E-state index contributed by atoms with van der Waals surface area (Å²) in [5.41, 5.74) is 3.70. The molecule has 162 valence electrons. The van der Waals surface area contributed by atoms with E-state index in [1.807, 2.05) is 26.0 Å². The van der Waals surface area contributed by atoms with Gasteiger partial charge in [0.1, 0.15) is 18.1 Å². The van der Waals surface area contributed by atoms with Gasteiger partial charge in [0.05, 0.1) is 17.7 Å². The number of hydrogen-bond acceptors (Lipinski definition) is 6. The second kappa shape index (κ2) is 9.26. The summed E-state index contributed by atoms with van der Waals surface area (Å²) in [6.45, 7) is 7.43. The number of rotatable bonds is 8. The summed E-state index contributed by atoms with van der Waals surface area (Å²) in [4.78, 5) is 18.4. The van der Waals surface area contributed by atoms with Gasteiger partial charge in [-0.15, -0.1) is 0 Å². The molecule has 0 atom stereocenters. The minimum Gasteiger partial charge on any atom is -0.492 e. The third kappa shape index (κ3) is 5.08. The minimum atomic E-state index is -0.571. The van der Waals surface area contributed by atoms with Crippen LogP contribution in [0.25, 0.3) is 11.1 Å². The van der Waals surface area contributed by atoms with Crippen LogP contribution in [0.3, 0.4) is 0 Å². The van der Waals surface area contributed by atoms with Crippen LogP contribution in [0.1, 0.15) is 23.4 Å². The molecular weight excluding hydrogens is 399 g/mol. The largest absolute Gasteiger partial charge is 0.492 e. The van der Waals surface area contributed by atoms with E-state index < -0.39 is 5.95 Å². The molecule has 0 radical (unpaired) electrons. The van der Waals surface area contributed by atoms with Crippen LogP contribution in [0, 0.1) is 19.8 Å². The fourth-order valence-corrected chi connectivity index (χ4v) is 3.59. The van der Waals surface area contributed by atoms with Crippen molar-refractivity contribution < 1.29 is 18.4 Å². The first kappa shape index (κ1) is 21.0. The fourth-order valence-electron chi connectivity index (χ4n) is 3.59. The smallest absolute Gasteiger partial charge is 0.228 e. The first-order valence-corrected chi connectivity index (χ1v) is 10.3. The summed E-state index contributed by atoms with van der Waals surface area (Å²) in [7, 11) is 0. The number of aryl methyl sites for hydroxylation is 2. The molecule has 3 heterocycles. The number of carbonyl (C=O) groups excluding carboxylic acids is 1. The van der Waals surface area contributed by atoms with Gasteiger partial charge in [-0.05, 0) is 63.2 Å². The van der Waals surface area contributed by atoms with Crippen molar-refractivity contribution in [3.05, 3.63) is 59.5 Å². The van der Waals surface area contributed by atoms with E-state index in [0.29, 0.717) is 23.6 Å². The molecule has 1 saturated heterocycles. The highest BCUT2D eigenvalue weighted by molar-refractivity contribution is 5.93. The van der Waals surface area contributed by atoms with Crippen LogP contribution in [0.2, 0.25) is 0 Å². The Labute approximate surface area is 180 Å². The highest BCUT2D eigenvalue weighted by Crippen LogP contribution is 2.36. The molecule has 0 saturated carbocycles. The van der Waals surface area contributed by atoms with E-state index in [-0.39, 0.29) is 12.3 Å². The normalized spacial score (nSPS) is 13.6. The van der Waals surface area contributed by atoms with Crippen molar-refractivity contribution in [2.45, 2.75) is 26.7 Å². The predicted octanol–water partition coefficient (Wildman–Crippen LogP) is 3.76. The number of likely N-dealkylation sites (tertiary alicyclic amines) is 1. The van der Waals surface area contributed by atoms with Crippen molar-refractivity contribution in [1.82, 2.24) is 15.0 Å². The number of pyridine rings is 1. The van der Waals surface area contributed by atoms with E-state index in [9.17, 15) is 9.18 Å². The van der Waals surface area contributed by atoms with Crippen molar-refractivity contribution in [2.24, 2.45) is 0 Å². The number of ether oxygens (including phenoxy) is 1. The maximum Gasteiger partial charge on any atom is 0.228 e. The van der Waals surface area contributed by atoms with Crippen LogP contribution in [-0.4, -0.2) is 47.2 Å². The third-order valence-electron chi connectivity index (χ3n) is 5.33. The molecule has 4 rings (SSSR count). The molecular formula is C23H25FN4O3. The Hall–Kier alpha value is -3.26. The zero-order valence-electron chi connectivity index (χ0n) is 17.7. The van der Waals surface area contributed by atoms with Gasteiger partial charge < -0.3 is 14.6 Å². The molecule has 1 amide bonds. The summed E-state index contributed by atoms with van der Waals surface area (Å²) in [5, 5.41) is 6.95. The molecule has 31 heavy (non-hydrogen) atoms. The molecule has 7 nitrogen and oxygen atoms in total. The van der Waals surface area contributed by atoms with Gasteiger partial charge in [0.2, 0.25) is 11.9 Å². The average Bonchev–Trinajstić information content (AvgIpc) is 3.04. The molecule has 1 aliphatic rings. The van der Waals surface area contributed by atoms with Crippen LogP contribution in [0.4, 0.5) is 10.1 Å². The van der Waals surface area contributed by atoms with Gasteiger partial charge in [-0.25, -0.2) is 4.98 Å². The van der Waals surface area contributed by atoms with Gasteiger partial charge in [-0.2, -0.15) is 4.39 Å². The van der Waals surface area contributed by atoms with Gasteiger partial charge in [0, 0.05) is 24.0 Å². The van der Waals surface area contributed by atoms with Crippen molar-refractivity contribution in [1.29, 1.82) is 0 Å². The first-order chi connectivity index (χ1) is 15.0. The van der Waals surface area contributed by atoms with E-state index in [0.717, 1.165) is 42.2 Å². The Kier molecular flexibility index (Phi) is 6.27. The molecule has 1 N–H and O–H groups in total. The number of benzene rings is 1. The lowest BCUT2D eigenvalue weighted by molar-refractivity contribution is -0.115. The van der Waals surface area contributed by atoms with Gasteiger partial charge >= 0.3 is 0 Å². The second-order valence-corrected chi connectivity index (χ2v) is 7.67. The number of nitrogens with zero attached hydrogens (tertiary/aromatic N) is 3. The Bertz CT molecular complexity index is 1040. The van der Waals surface area contributed by atoms with Gasteiger partial charge in [0.15, 0.2) is 0 Å². The second-order valence-electron chi connectivity index (χ2n) is 7.67. The maximum atomic E-state index is 13.0. The Morgan fingerprint density at radius 2 is 2.10 bits per heavy atom. The molecule has 0 spiro atoms. The number of nitrogens with one attached hydrogen (secondary N) is 1. The lowest BCUT2D eigenvalue weighted by Crippen LogP contribution is -2.39. The quantitative estimate of drug-likeness (QED) is 0.555. The van der Waals surface area contributed by atoms with Crippen LogP contribution < -0.4 is 10.1 Å². The van der Waals surface area contributed by atoms with Crippen molar-refractivity contribution in [3.8, 4) is 16.9 Å². The van der Waals surface area contributed by atoms with Crippen LogP contribution in [0.15, 0.2) is 41.1 Å². The van der Waals surface area contributed by atoms with Gasteiger partial charge in [0.25, 0.3) is 0 Å². The number of anilines is 1. The molecule has 0 unspecified atom stereocenters. The van der Waals surface area contributed by atoms with Crippen LogP contribution in [-0.2, 0) is 11.2 Å². The van der Waals surface area contributed by atoms with Crippen molar-refractivity contribution >= 4 is 11.6 Å². The minimum absolute atomic E-state index is 0.0992. The highest BCUT2D eigenvalue weighted by Gasteiger charge is 2.19. The van der Waals surface area contributed by atoms with E-state index >= 15 is 0 Å². The van der Waals surface area contributed by atoms with E-state index in [1.54, 1.807) is 12.1 Å². The summed E-state index contributed by atoms with van der Waals surface area (Å²) in [6.07, 6.45) is 2.70. The van der Waals surface area contributed by atoms with Gasteiger partial charge in [-0.1, -0.05) is 11.2 Å². The number of amides is 1. The summed E-state index contributed by atoms with van der Waals surface area (Å²) in [5.74, 6) is 0.615. The van der Waals surface area contributed by atoms with Gasteiger partial charge in [-0.3, -0.25) is 9.69 Å². The van der Waals surface area contributed by atoms with Crippen LogP contribution in [0.5, 0.6) is 5.75 Å². The number of hydrogen-bond donors (Lipinski definition) is 1. The van der Waals surface area contributed by atoms with Crippen molar-refractivity contribution in [3.63, 3.8) is 0 Å². The first-order valence-electron chi connectivity index (χ1n) is 10.3. The monoisotopic (exact) mass is 424 g/mol. The SMILES string of the molecule is Cc1noc(C)c1-c1cc(NC(=O)Cc2ccc(F)nc2)ccc1OCCN1CCC1. The third-order valence-corrected chi connectivity index (χ3v) is 5.33. The molecule has 8 heteroatoms. The molecule has 0 aliphatic carbocycles. The van der Waals surface area contributed by atoms with E-state index in [2.05, 4.69) is 20.4 Å². The van der Waals surface area contributed by atoms with E-state index in [4.69, 9.17) is 9.26 Å². The Morgan fingerprint density at radius 1 is 1.26 bits per heavy atom. The molecule has 0 bridgehead atoms. The molecule has 1 aliphatic heterocycles. The fraction of sp³-hybridized carbons (Fsp3) is 0.348. The molecule has 3 aromatic rings. The van der Waals surface area contributed by atoms with Crippen LogP contribution >= 0.6 is 0 Å². The van der Waals surface area contributed by atoms with Crippen molar-refractivity contribution in [2.75, 3.05) is 31.6 Å². The Morgan fingerprint density at radius 3 is 2.74 bits per heavy atom. The molecule has 2 aromatic heterocycles. The molecule has 1 fully saturated rings. The summed E-state index contributed by atoms with van der Waals surface area (Å²) in [6, 6.07) is 8.32. The molecule has 1 aromatic carbocycles. The average molecular weight is 424 g/mol. The predicted molar refractivity (Wildman–Crippen MR) is 114 cm³/mol. The zero-order valence-corrected chi connectivity index (χ0v) is 17.7. The maximum absolute atomic E-state index is 13.0. The lowest BCUT2D eigenvalue weighted by Gasteiger charge is -2.30. The lowest BCUT2D eigenvalue weighted by atomic mass is 10.0. The zero-order chi connectivity index (χ0) is 21.8. The highest BCUT2D eigenvalue weighted by atomic mass is 19.1. The number of halogens is 1. The standard InChI is InChI=1S/C23H25FN4O3/c1-15-23(16(2)31-27-15)19-13-18(5-6-20(19)30-11-10-28-8-3-9-28)26-22(29)12-17-4-7-21(24)25-14-17/h4-7,13-14H,3,8-12H2,1-2H3,(H,26,29). The topological polar surface area (TPSA) is 80.5 Å². The summed E-state index contributed by atoms with van der Waals surface area (Å²) >= 11 is 0.